The Labute approximate surface area is 102 Å². The number of alkyl halides is 4. The SMILES string of the molecule is COc1cc(C(F)(F)F)c(CBr)cc1Br. The van der Waals surface area contributed by atoms with Crippen LogP contribution in [0.25, 0.3) is 0 Å². The highest BCUT2D eigenvalue weighted by Gasteiger charge is 2.34. The number of hydrogen-bond acceptors (Lipinski definition) is 1. The zero-order chi connectivity index (χ0) is 11.6. The Bertz CT molecular complexity index is 363. The predicted octanol–water partition coefficient (Wildman–Crippen LogP) is 4.37. The summed E-state index contributed by atoms with van der Waals surface area (Å²) < 4.78 is 43.1. The number of halogens is 5. The second kappa shape index (κ2) is 4.74. The Morgan fingerprint density at radius 3 is 2.33 bits per heavy atom. The highest BCUT2D eigenvalue weighted by molar-refractivity contribution is 9.10. The van der Waals surface area contributed by atoms with Crippen LogP contribution in [-0.4, -0.2) is 7.11 Å². The van der Waals surface area contributed by atoms with Gasteiger partial charge in [-0.1, -0.05) is 15.9 Å². The highest BCUT2D eigenvalue weighted by atomic mass is 79.9. The molecule has 0 heterocycles. The Hall–Kier alpha value is -0.230. The molecule has 1 aromatic rings. The summed E-state index contributed by atoms with van der Waals surface area (Å²) in [6.45, 7) is 0. The van der Waals surface area contributed by atoms with Gasteiger partial charge in [0, 0.05) is 5.33 Å². The lowest BCUT2D eigenvalue weighted by atomic mass is 10.1. The zero-order valence-corrected chi connectivity index (χ0v) is 10.8. The molecule has 0 atom stereocenters. The minimum atomic E-state index is -4.36. The molecule has 0 N–H and O–H groups in total. The van der Waals surface area contributed by atoms with Gasteiger partial charge in [0.15, 0.2) is 0 Å². The fourth-order valence-electron chi connectivity index (χ4n) is 1.13. The van der Waals surface area contributed by atoms with Gasteiger partial charge in [-0.3, -0.25) is 0 Å². The fourth-order valence-corrected chi connectivity index (χ4v) is 2.14. The largest absolute Gasteiger partial charge is 0.496 e. The molecule has 0 fully saturated rings. The van der Waals surface area contributed by atoms with Crippen molar-refractivity contribution in [2.75, 3.05) is 7.11 Å². The van der Waals surface area contributed by atoms with Crippen LogP contribution in [0, 0.1) is 0 Å². The summed E-state index contributed by atoms with van der Waals surface area (Å²) in [6.07, 6.45) is -4.36. The molecule has 84 valence electrons. The van der Waals surface area contributed by atoms with Crippen LogP contribution in [-0.2, 0) is 11.5 Å². The van der Waals surface area contributed by atoms with Crippen molar-refractivity contribution in [1.82, 2.24) is 0 Å². The van der Waals surface area contributed by atoms with Gasteiger partial charge in [0.2, 0.25) is 0 Å². The van der Waals surface area contributed by atoms with Crippen LogP contribution >= 0.6 is 31.9 Å². The molecule has 0 aromatic heterocycles. The summed E-state index contributed by atoms with van der Waals surface area (Å²) >= 11 is 6.16. The summed E-state index contributed by atoms with van der Waals surface area (Å²) in [5.74, 6) is 0.173. The summed E-state index contributed by atoms with van der Waals surface area (Å²) in [5.41, 5.74) is -0.505. The van der Waals surface area contributed by atoms with Gasteiger partial charge in [0.1, 0.15) is 5.75 Å². The van der Waals surface area contributed by atoms with E-state index in [0.29, 0.717) is 4.47 Å². The van der Waals surface area contributed by atoms with E-state index in [0.717, 1.165) is 6.07 Å². The lowest BCUT2D eigenvalue weighted by Gasteiger charge is -2.14. The molecule has 0 amide bonds. The van der Waals surface area contributed by atoms with Gasteiger partial charge in [-0.15, -0.1) is 0 Å². The van der Waals surface area contributed by atoms with Crippen molar-refractivity contribution >= 4 is 31.9 Å². The molecule has 0 saturated heterocycles. The van der Waals surface area contributed by atoms with E-state index in [1.807, 2.05) is 0 Å². The van der Waals surface area contributed by atoms with Crippen LogP contribution in [0.2, 0.25) is 0 Å². The Kier molecular flexibility index (Phi) is 4.06. The molecular weight excluding hydrogens is 341 g/mol. The number of benzene rings is 1. The van der Waals surface area contributed by atoms with Crippen LogP contribution in [0.15, 0.2) is 16.6 Å². The van der Waals surface area contributed by atoms with E-state index in [9.17, 15) is 13.2 Å². The van der Waals surface area contributed by atoms with E-state index < -0.39 is 11.7 Å². The number of hydrogen-bond donors (Lipinski definition) is 0. The zero-order valence-electron chi connectivity index (χ0n) is 7.66. The van der Waals surface area contributed by atoms with Gasteiger partial charge in [0.05, 0.1) is 17.1 Å². The van der Waals surface area contributed by atoms with E-state index in [4.69, 9.17) is 4.74 Å². The summed E-state index contributed by atoms with van der Waals surface area (Å²) in [6, 6.07) is 2.39. The fraction of sp³-hybridized carbons (Fsp3) is 0.333. The predicted molar refractivity (Wildman–Crippen MR) is 58.3 cm³/mol. The average molecular weight is 348 g/mol. The van der Waals surface area contributed by atoms with Crippen molar-refractivity contribution in [1.29, 1.82) is 0 Å². The van der Waals surface area contributed by atoms with Gasteiger partial charge >= 0.3 is 6.18 Å². The normalized spacial score (nSPS) is 11.6. The molecule has 0 aliphatic carbocycles. The highest BCUT2D eigenvalue weighted by Crippen LogP contribution is 2.38. The third-order valence-electron chi connectivity index (χ3n) is 1.83. The molecule has 0 saturated carbocycles. The third kappa shape index (κ3) is 2.87. The minimum Gasteiger partial charge on any atom is -0.496 e. The van der Waals surface area contributed by atoms with Crippen molar-refractivity contribution in [3.05, 3.63) is 27.7 Å². The molecule has 1 nitrogen and oxygen atoms in total. The molecule has 0 aliphatic heterocycles. The van der Waals surface area contributed by atoms with Crippen molar-refractivity contribution in [3.63, 3.8) is 0 Å². The van der Waals surface area contributed by atoms with Gasteiger partial charge in [-0.25, -0.2) is 0 Å². The molecule has 1 aromatic carbocycles. The number of ether oxygens (including phenoxy) is 1. The average Bonchev–Trinajstić information content (AvgIpc) is 2.15. The van der Waals surface area contributed by atoms with Crippen molar-refractivity contribution in [3.8, 4) is 5.75 Å². The van der Waals surface area contributed by atoms with Crippen LogP contribution < -0.4 is 4.74 Å². The van der Waals surface area contributed by atoms with Crippen molar-refractivity contribution in [2.45, 2.75) is 11.5 Å². The van der Waals surface area contributed by atoms with Crippen LogP contribution in [0.4, 0.5) is 13.2 Å². The molecule has 1 rings (SSSR count). The maximum Gasteiger partial charge on any atom is 0.416 e. The molecule has 0 radical (unpaired) electrons. The molecular formula is C9H7Br2F3O. The first-order valence-electron chi connectivity index (χ1n) is 3.89. The van der Waals surface area contributed by atoms with E-state index in [1.54, 1.807) is 0 Å². The van der Waals surface area contributed by atoms with Crippen LogP contribution in [0.1, 0.15) is 11.1 Å². The summed E-state index contributed by atoms with van der Waals surface area (Å²) in [5, 5.41) is 0.143. The van der Waals surface area contributed by atoms with E-state index >= 15 is 0 Å². The molecule has 6 heteroatoms. The molecule has 0 aliphatic rings. The lowest BCUT2D eigenvalue weighted by molar-refractivity contribution is -0.138. The lowest BCUT2D eigenvalue weighted by Crippen LogP contribution is -2.09. The first-order chi connectivity index (χ1) is 6.90. The quantitative estimate of drug-likeness (QED) is 0.722. The van der Waals surface area contributed by atoms with Crippen molar-refractivity contribution in [2.24, 2.45) is 0 Å². The molecule has 15 heavy (non-hydrogen) atoms. The Balaban J connectivity index is 3.36. The third-order valence-corrected chi connectivity index (χ3v) is 3.05. The first-order valence-corrected chi connectivity index (χ1v) is 5.81. The second-order valence-corrected chi connectivity index (χ2v) is 4.19. The maximum atomic E-state index is 12.6. The first kappa shape index (κ1) is 12.8. The topological polar surface area (TPSA) is 9.23 Å². The van der Waals surface area contributed by atoms with Gasteiger partial charge in [0.25, 0.3) is 0 Å². The standard InChI is InChI=1S/C9H7Br2F3O/c1-15-8-3-6(9(12,13)14)5(4-10)2-7(8)11/h2-3H,4H2,1H3. The second-order valence-electron chi connectivity index (χ2n) is 2.78. The number of rotatable bonds is 2. The number of methoxy groups -OCH3 is 1. The van der Waals surface area contributed by atoms with Crippen LogP contribution in [0.3, 0.4) is 0 Å². The minimum absolute atomic E-state index is 0.143. The summed E-state index contributed by atoms with van der Waals surface area (Å²) in [7, 11) is 1.33. The molecule has 0 spiro atoms. The van der Waals surface area contributed by atoms with Gasteiger partial charge < -0.3 is 4.74 Å². The van der Waals surface area contributed by atoms with E-state index in [1.165, 1.54) is 13.2 Å². The van der Waals surface area contributed by atoms with Crippen LogP contribution in [0.5, 0.6) is 5.75 Å². The summed E-state index contributed by atoms with van der Waals surface area (Å²) in [4.78, 5) is 0. The maximum absolute atomic E-state index is 12.6. The Morgan fingerprint density at radius 1 is 1.33 bits per heavy atom. The monoisotopic (exact) mass is 346 g/mol. The Morgan fingerprint density at radius 2 is 1.93 bits per heavy atom. The van der Waals surface area contributed by atoms with E-state index in [-0.39, 0.29) is 16.6 Å². The van der Waals surface area contributed by atoms with Crippen molar-refractivity contribution < 1.29 is 17.9 Å². The molecule has 0 unspecified atom stereocenters. The molecule has 0 bridgehead atoms. The van der Waals surface area contributed by atoms with Gasteiger partial charge in [-0.05, 0) is 33.6 Å². The van der Waals surface area contributed by atoms with Gasteiger partial charge in [-0.2, -0.15) is 13.2 Å². The van der Waals surface area contributed by atoms with E-state index in [2.05, 4.69) is 31.9 Å². The smallest absolute Gasteiger partial charge is 0.416 e.